The van der Waals surface area contributed by atoms with Crippen LogP contribution in [-0.2, 0) is 0 Å². The van der Waals surface area contributed by atoms with Gasteiger partial charge in [-0.05, 0) is 29.8 Å². The highest BCUT2D eigenvalue weighted by Gasteiger charge is 2.34. The van der Waals surface area contributed by atoms with Crippen LogP contribution in [0.5, 0.6) is 28.7 Å². The van der Waals surface area contributed by atoms with Gasteiger partial charge in [0.1, 0.15) is 5.75 Å². The molecule has 26 heavy (non-hydrogen) atoms. The molecule has 0 fully saturated rings. The summed E-state index contributed by atoms with van der Waals surface area (Å²) in [6.45, 7) is 0. The number of nitrogen functional groups attached to an aromatic ring is 1. The first kappa shape index (κ1) is 17.5. The number of allylic oxidation sites excluding steroid dienone is 1. The third-order valence-electron chi connectivity index (χ3n) is 4.02. The lowest BCUT2D eigenvalue weighted by Gasteiger charge is -2.14. The van der Waals surface area contributed by atoms with Crippen molar-refractivity contribution in [3.63, 3.8) is 0 Å². The van der Waals surface area contributed by atoms with E-state index < -0.39 is 0 Å². The van der Waals surface area contributed by atoms with E-state index in [9.17, 15) is 4.79 Å². The van der Waals surface area contributed by atoms with Crippen molar-refractivity contribution in [2.45, 2.75) is 0 Å². The number of carbonyl (C=O) groups is 1. The summed E-state index contributed by atoms with van der Waals surface area (Å²) in [6, 6.07) is 6.77. The van der Waals surface area contributed by atoms with Crippen LogP contribution in [0.4, 0.5) is 5.69 Å². The molecule has 2 aromatic carbocycles. The molecular formula is C19H19NO6. The Morgan fingerprint density at radius 1 is 0.923 bits per heavy atom. The van der Waals surface area contributed by atoms with E-state index in [2.05, 4.69) is 0 Å². The molecule has 0 radical (unpaired) electrons. The van der Waals surface area contributed by atoms with Crippen molar-refractivity contribution >= 4 is 17.5 Å². The second kappa shape index (κ2) is 6.87. The summed E-state index contributed by atoms with van der Waals surface area (Å²) in [6.07, 6.45) is 1.61. The minimum absolute atomic E-state index is 0.151. The average Bonchev–Trinajstić information content (AvgIpc) is 2.95. The zero-order valence-electron chi connectivity index (χ0n) is 14.9. The maximum Gasteiger partial charge on any atom is 0.232 e. The maximum absolute atomic E-state index is 12.7. The van der Waals surface area contributed by atoms with Gasteiger partial charge in [0.15, 0.2) is 17.3 Å². The van der Waals surface area contributed by atoms with Crippen LogP contribution in [0.1, 0.15) is 15.9 Å². The molecule has 0 saturated heterocycles. The number of ether oxygens (including phenoxy) is 5. The van der Waals surface area contributed by atoms with Crippen LogP contribution in [0.15, 0.2) is 30.0 Å². The number of benzene rings is 2. The Hall–Kier alpha value is -3.35. The lowest BCUT2D eigenvalue weighted by atomic mass is 10.1. The quantitative estimate of drug-likeness (QED) is 0.650. The van der Waals surface area contributed by atoms with Crippen molar-refractivity contribution in [3.8, 4) is 28.7 Å². The average molecular weight is 357 g/mol. The van der Waals surface area contributed by atoms with Crippen molar-refractivity contribution < 1.29 is 28.5 Å². The van der Waals surface area contributed by atoms with Crippen LogP contribution in [0, 0.1) is 0 Å². The predicted octanol–water partition coefficient (Wildman–Crippen LogP) is 2.92. The fraction of sp³-hybridized carbons (Fsp3) is 0.211. The minimum atomic E-state index is -0.284. The molecule has 1 aliphatic rings. The normalized spacial score (nSPS) is 14.0. The largest absolute Gasteiger partial charge is 0.495 e. The van der Waals surface area contributed by atoms with E-state index in [4.69, 9.17) is 29.4 Å². The summed E-state index contributed by atoms with van der Waals surface area (Å²) in [5.74, 6) is 1.76. The standard InChI is InChI=1S/C19H19NO6/c1-22-13-6-5-10(7-12(13)20)8-14-16(21)11-9-15(23-2)18(24-3)19(25-4)17(11)26-14/h5-9H,20H2,1-4H3/b14-8-. The van der Waals surface area contributed by atoms with Gasteiger partial charge in [0.2, 0.25) is 17.3 Å². The molecule has 136 valence electrons. The van der Waals surface area contributed by atoms with Crippen molar-refractivity contribution in [2.24, 2.45) is 0 Å². The molecule has 2 aromatic rings. The molecule has 0 saturated carbocycles. The van der Waals surface area contributed by atoms with Gasteiger partial charge >= 0.3 is 0 Å². The Labute approximate surface area is 150 Å². The summed E-state index contributed by atoms with van der Waals surface area (Å²) in [7, 11) is 5.98. The van der Waals surface area contributed by atoms with Gasteiger partial charge in [-0.15, -0.1) is 0 Å². The van der Waals surface area contributed by atoms with Crippen molar-refractivity contribution in [3.05, 3.63) is 41.2 Å². The molecule has 7 heteroatoms. The van der Waals surface area contributed by atoms with Crippen molar-refractivity contribution in [2.75, 3.05) is 34.2 Å². The van der Waals surface area contributed by atoms with Gasteiger partial charge in [-0.1, -0.05) is 6.07 Å². The summed E-state index contributed by atoms with van der Waals surface area (Å²) in [5.41, 5.74) is 7.42. The third kappa shape index (κ3) is 2.77. The molecule has 0 aromatic heterocycles. The molecule has 3 rings (SSSR count). The molecular weight excluding hydrogens is 338 g/mol. The monoisotopic (exact) mass is 357 g/mol. The predicted molar refractivity (Wildman–Crippen MR) is 96.4 cm³/mol. The lowest BCUT2D eigenvalue weighted by molar-refractivity contribution is 0.101. The fourth-order valence-electron chi connectivity index (χ4n) is 2.78. The van der Waals surface area contributed by atoms with E-state index in [0.717, 1.165) is 0 Å². The molecule has 0 spiro atoms. The number of hydrogen-bond donors (Lipinski definition) is 1. The van der Waals surface area contributed by atoms with Gasteiger partial charge in [0.05, 0.1) is 39.7 Å². The van der Waals surface area contributed by atoms with Crippen LogP contribution in [0.3, 0.4) is 0 Å². The summed E-state index contributed by atoms with van der Waals surface area (Å²) < 4.78 is 26.9. The second-order valence-electron chi connectivity index (χ2n) is 5.46. The van der Waals surface area contributed by atoms with Gasteiger partial charge in [0.25, 0.3) is 0 Å². The number of rotatable bonds is 5. The van der Waals surface area contributed by atoms with E-state index in [1.165, 1.54) is 28.4 Å². The van der Waals surface area contributed by atoms with Gasteiger partial charge in [-0.2, -0.15) is 0 Å². The van der Waals surface area contributed by atoms with Gasteiger partial charge < -0.3 is 29.4 Å². The number of nitrogens with two attached hydrogens (primary N) is 1. The third-order valence-corrected chi connectivity index (χ3v) is 4.02. The summed E-state index contributed by atoms with van der Waals surface area (Å²) >= 11 is 0. The topological polar surface area (TPSA) is 89.2 Å². The first-order valence-corrected chi connectivity index (χ1v) is 7.74. The van der Waals surface area contributed by atoms with Crippen molar-refractivity contribution in [1.29, 1.82) is 0 Å². The van der Waals surface area contributed by atoms with E-state index in [0.29, 0.717) is 45.6 Å². The SMILES string of the molecule is COc1ccc(/C=C2\Oc3c(cc(OC)c(OC)c3OC)C2=O)cc1N. The highest BCUT2D eigenvalue weighted by atomic mass is 16.6. The molecule has 0 atom stereocenters. The number of fused-ring (bicyclic) bond motifs is 1. The molecule has 0 amide bonds. The second-order valence-corrected chi connectivity index (χ2v) is 5.46. The van der Waals surface area contributed by atoms with Crippen LogP contribution < -0.4 is 29.4 Å². The first-order valence-electron chi connectivity index (χ1n) is 7.74. The molecule has 1 aliphatic heterocycles. The van der Waals surface area contributed by atoms with Crippen LogP contribution in [-0.4, -0.2) is 34.2 Å². The Kier molecular flexibility index (Phi) is 4.62. The molecule has 2 N–H and O–H groups in total. The van der Waals surface area contributed by atoms with Crippen LogP contribution in [0.2, 0.25) is 0 Å². The van der Waals surface area contributed by atoms with Gasteiger partial charge in [0, 0.05) is 0 Å². The molecule has 1 heterocycles. The Balaban J connectivity index is 2.06. The van der Waals surface area contributed by atoms with E-state index in [1.807, 2.05) is 0 Å². The molecule has 0 bridgehead atoms. The van der Waals surface area contributed by atoms with Gasteiger partial charge in [-0.3, -0.25) is 4.79 Å². The number of methoxy groups -OCH3 is 4. The van der Waals surface area contributed by atoms with Gasteiger partial charge in [-0.25, -0.2) is 0 Å². The Bertz CT molecular complexity index is 903. The van der Waals surface area contributed by atoms with Crippen LogP contribution >= 0.6 is 0 Å². The number of Topliss-reactive ketones (excluding diaryl/α,β-unsaturated/α-hetero) is 1. The lowest BCUT2D eigenvalue weighted by Crippen LogP contribution is -1.99. The van der Waals surface area contributed by atoms with Crippen LogP contribution in [0.25, 0.3) is 6.08 Å². The van der Waals surface area contributed by atoms with Crippen molar-refractivity contribution in [1.82, 2.24) is 0 Å². The Morgan fingerprint density at radius 2 is 1.62 bits per heavy atom. The minimum Gasteiger partial charge on any atom is -0.495 e. The number of ketones is 1. The first-order chi connectivity index (χ1) is 12.5. The van der Waals surface area contributed by atoms with E-state index in [1.54, 1.807) is 30.3 Å². The number of carbonyl (C=O) groups excluding carboxylic acids is 1. The summed E-state index contributed by atoms with van der Waals surface area (Å²) in [4.78, 5) is 12.7. The Morgan fingerprint density at radius 3 is 2.19 bits per heavy atom. The highest BCUT2D eigenvalue weighted by Crippen LogP contribution is 2.50. The zero-order valence-corrected chi connectivity index (χ0v) is 14.9. The fourth-order valence-corrected chi connectivity index (χ4v) is 2.78. The van der Waals surface area contributed by atoms with E-state index >= 15 is 0 Å². The smallest absolute Gasteiger partial charge is 0.232 e. The number of anilines is 1. The maximum atomic E-state index is 12.7. The number of hydrogen-bond acceptors (Lipinski definition) is 7. The zero-order chi connectivity index (χ0) is 18.8. The molecule has 0 aliphatic carbocycles. The van der Waals surface area contributed by atoms with E-state index in [-0.39, 0.29) is 11.5 Å². The summed E-state index contributed by atoms with van der Waals surface area (Å²) in [5, 5.41) is 0. The highest BCUT2D eigenvalue weighted by molar-refractivity contribution is 6.15. The molecule has 0 unspecified atom stereocenters. The molecule has 7 nitrogen and oxygen atoms in total.